The fourth-order valence-corrected chi connectivity index (χ4v) is 2.08. The zero-order valence-corrected chi connectivity index (χ0v) is 13.7. The lowest BCUT2D eigenvalue weighted by atomic mass is 9.89. The third kappa shape index (κ3) is 3.28. The molecule has 1 aliphatic heterocycles. The number of aromatic nitrogens is 1. The van der Waals surface area contributed by atoms with E-state index in [2.05, 4.69) is 4.98 Å². The van der Waals surface area contributed by atoms with Crippen molar-refractivity contribution in [3.05, 3.63) is 29.4 Å². The molecule has 0 aliphatic carbocycles. The number of pyridine rings is 1. The third-order valence-corrected chi connectivity index (χ3v) is 4.18. The summed E-state index contributed by atoms with van der Waals surface area (Å²) in [7, 11) is 1.42. The molecule has 0 unspecified atom stereocenters. The van der Waals surface area contributed by atoms with Gasteiger partial charge in [0, 0.05) is 12.7 Å². The first kappa shape index (κ1) is 16.0. The van der Waals surface area contributed by atoms with E-state index in [4.69, 9.17) is 15.2 Å². The fourth-order valence-electron chi connectivity index (χ4n) is 2.08. The molecule has 21 heavy (non-hydrogen) atoms. The monoisotopic (exact) mass is 289 g/mol. The highest BCUT2D eigenvalue weighted by Crippen LogP contribution is 2.37. The van der Waals surface area contributed by atoms with Gasteiger partial charge in [-0.05, 0) is 52.3 Å². The first-order valence-electron chi connectivity index (χ1n) is 7.12. The Morgan fingerprint density at radius 2 is 1.76 bits per heavy atom. The summed E-state index contributed by atoms with van der Waals surface area (Å²) < 4.78 is 11.9. The molecule has 0 saturated carbocycles. The van der Waals surface area contributed by atoms with Gasteiger partial charge in [0.25, 0.3) is 0 Å². The molecular weight excluding hydrogens is 265 g/mol. The van der Waals surface area contributed by atoms with Crippen molar-refractivity contribution in [1.82, 2.24) is 4.98 Å². The summed E-state index contributed by atoms with van der Waals surface area (Å²) in [5.41, 5.74) is 1.30. The number of nitrogens with two attached hydrogens (primary N) is 1. The van der Waals surface area contributed by atoms with Crippen LogP contribution in [-0.2, 0) is 9.31 Å². The Morgan fingerprint density at radius 3 is 2.24 bits per heavy atom. The highest BCUT2D eigenvalue weighted by Gasteiger charge is 2.49. The quantitative estimate of drug-likeness (QED) is 0.526. The van der Waals surface area contributed by atoms with Crippen molar-refractivity contribution in [2.45, 2.75) is 45.8 Å². The SMILES string of the molecule is Cc1nc(N(C)N)ccc1/C=C/B1OC(C)(C)C(C)(C)O1. The first-order valence-corrected chi connectivity index (χ1v) is 7.12. The minimum absolute atomic E-state index is 0.318. The molecule has 0 atom stereocenters. The Labute approximate surface area is 127 Å². The summed E-state index contributed by atoms with van der Waals surface area (Å²) >= 11 is 0. The van der Waals surface area contributed by atoms with Crippen molar-refractivity contribution < 1.29 is 9.31 Å². The number of rotatable bonds is 3. The Bertz CT molecular complexity index is 540. The maximum atomic E-state index is 5.93. The molecule has 0 spiro atoms. The molecule has 5 nitrogen and oxygen atoms in total. The summed E-state index contributed by atoms with van der Waals surface area (Å²) in [6.45, 7) is 10.1. The minimum atomic E-state index is -0.341. The van der Waals surface area contributed by atoms with Gasteiger partial charge in [-0.25, -0.2) is 10.8 Å². The van der Waals surface area contributed by atoms with Gasteiger partial charge in [0.1, 0.15) is 5.82 Å². The van der Waals surface area contributed by atoms with E-state index in [-0.39, 0.29) is 18.3 Å². The van der Waals surface area contributed by atoms with Gasteiger partial charge >= 0.3 is 7.12 Å². The van der Waals surface area contributed by atoms with Crippen molar-refractivity contribution >= 4 is 19.0 Å². The maximum absolute atomic E-state index is 5.93. The average Bonchev–Trinajstić information content (AvgIpc) is 2.56. The van der Waals surface area contributed by atoms with E-state index in [1.165, 1.54) is 5.01 Å². The molecule has 0 radical (unpaired) electrons. The number of aryl methyl sites for hydroxylation is 1. The van der Waals surface area contributed by atoms with E-state index in [0.717, 1.165) is 17.1 Å². The summed E-state index contributed by atoms with van der Waals surface area (Å²) in [5, 5.41) is 1.49. The van der Waals surface area contributed by atoms with Gasteiger partial charge < -0.3 is 9.31 Å². The van der Waals surface area contributed by atoms with Crippen molar-refractivity contribution in [3.63, 3.8) is 0 Å². The third-order valence-electron chi connectivity index (χ3n) is 4.18. The van der Waals surface area contributed by atoms with E-state index >= 15 is 0 Å². The molecule has 0 amide bonds. The molecule has 2 heterocycles. The zero-order valence-electron chi connectivity index (χ0n) is 13.7. The molecule has 1 fully saturated rings. The van der Waals surface area contributed by atoms with Crippen LogP contribution in [0.1, 0.15) is 39.0 Å². The van der Waals surface area contributed by atoms with Crippen molar-refractivity contribution in [2.24, 2.45) is 5.84 Å². The van der Waals surface area contributed by atoms with Crippen LogP contribution in [0.2, 0.25) is 0 Å². The van der Waals surface area contributed by atoms with Gasteiger partial charge in [0.2, 0.25) is 0 Å². The van der Waals surface area contributed by atoms with Crippen LogP contribution in [0.15, 0.2) is 18.1 Å². The normalized spacial score (nSPS) is 20.2. The smallest absolute Gasteiger partial charge is 0.400 e. The fraction of sp³-hybridized carbons (Fsp3) is 0.533. The molecule has 1 aromatic rings. The van der Waals surface area contributed by atoms with Gasteiger partial charge in [-0.15, -0.1) is 0 Å². The second kappa shape index (κ2) is 5.44. The van der Waals surface area contributed by atoms with Gasteiger partial charge in [-0.2, -0.15) is 0 Å². The van der Waals surface area contributed by atoms with Crippen molar-refractivity contribution in [2.75, 3.05) is 12.1 Å². The largest absolute Gasteiger partial charge is 0.487 e. The predicted octanol–water partition coefficient (Wildman–Crippen LogP) is 2.34. The highest BCUT2D eigenvalue weighted by molar-refractivity contribution is 6.52. The lowest BCUT2D eigenvalue weighted by Crippen LogP contribution is -2.41. The lowest BCUT2D eigenvalue weighted by Gasteiger charge is -2.32. The first-order chi connectivity index (χ1) is 9.62. The van der Waals surface area contributed by atoms with Gasteiger partial charge in [-0.1, -0.05) is 12.1 Å². The van der Waals surface area contributed by atoms with Gasteiger partial charge in [0.15, 0.2) is 0 Å². The van der Waals surface area contributed by atoms with Crippen molar-refractivity contribution in [1.29, 1.82) is 0 Å². The van der Waals surface area contributed by atoms with Crippen LogP contribution in [-0.4, -0.2) is 30.4 Å². The molecule has 114 valence electrons. The van der Waals surface area contributed by atoms with Crippen LogP contribution in [0, 0.1) is 6.92 Å². The molecule has 0 aromatic carbocycles. The summed E-state index contributed by atoms with van der Waals surface area (Å²) in [6.07, 6.45) is 1.98. The number of nitrogens with zero attached hydrogens (tertiary/aromatic N) is 2. The molecule has 6 heteroatoms. The minimum Gasteiger partial charge on any atom is -0.400 e. The number of anilines is 1. The molecule has 1 aromatic heterocycles. The van der Waals surface area contributed by atoms with E-state index in [1.807, 2.05) is 58.8 Å². The van der Waals surface area contributed by atoms with Crippen LogP contribution in [0.5, 0.6) is 0 Å². The van der Waals surface area contributed by atoms with E-state index in [1.54, 1.807) is 7.05 Å². The molecule has 0 bridgehead atoms. The number of hydrogen-bond acceptors (Lipinski definition) is 5. The molecule has 2 rings (SSSR count). The number of hydrazine groups is 1. The predicted molar refractivity (Wildman–Crippen MR) is 86.7 cm³/mol. The van der Waals surface area contributed by atoms with Gasteiger partial charge in [-0.3, -0.25) is 5.01 Å². The van der Waals surface area contributed by atoms with E-state index < -0.39 is 0 Å². The van der Waals surface area contributed by atoms with Crippen LogP contribution in [0.25, 0.3) is 6.08 Å². The second-order valence-electron chi connectivity index (χ2n) is 6.44. The average molecular weight is 289 g/mol. The van der Waals surface area contributed by atoms with Crippen LogP contribution in [0.4, 0.5) is 5.82 Å². The number of hydrogen-bond donors (Lipinski definition) is 1. The zero-order chi connectivity index (χ0) is 15.8. The van der Waals surface area contributed by atoms with E-state index in [9.17, 15) is 0 Å². The van der Waals surface area contributed by atoms with Crippen LogP contribution >= 0.6 is 0 Å². The lowest BCUT2D eigenvalue weighted by molar-refractivity contribution is 0.00578. The second-order valence-corrected chi connectivity index (χ2v) is 6.44. The van der Waals surface area contributed by atoms with Crippen LogP contribution < -0.4 is 10.9 Å². The molecule has 1 aliphatic rings. The van der Waals surface area contributed by atoms with Crippen LogP contribution in [0.3, 0.4) is 0 Å². The maximum Gasteiger partial charge on any atom is 0.487 e. The highest BCUT2D eigenvalue weighted by atomic mass is 16.7. The Hall–Kier alpha value is -1.37. The Morgan fingerprint density at radius 1 is 1.19 bits per heavy atom. The van der Waals surface area contributed by atoms with Crippen molar-refractivity contribution in [3.8, 4) is 0 Å². The van der Waals surface area contributed by atoms with E-state index in [0.29, 0.717) is 0 Å². The Kier molecular flexibility index (Phi) is 4.15. The summed E-state index contributed by atoms with van der Waals surface area (Å²) in [5.74, 6) is 8.34. The summed E-state index contributed by atoms with van der Waals surface area (Å²) in [6, 6.07) is 3.87. The topological polar surface area (TPSA) is 60.6 Å². The molecule has 1 saturated heterocycles. The Balaban J connectivity index is 2.13. The standard InChI is InChI=1S/C15H24BN3O2/c1-11-12(7-8-13(18-11)19(6)17)9-10-16-20-14(2,3)15(4,5)21-16/h7-10H,17H2,1-6H3/b10-9+. The summed E-state index contributed by atoms with van der Waals surface area (Å²) in [4.78, 5) is 4.44. The molecular formula is C15H24BN3O2. The molecule has 2 N–H and O–H groups in total. The van der Waals surface area contributed by atoms with Gasteiger partial charge in [0.05, 0.1) is 11.2 Å².